The van der Waals surface area contributed by atoms with E-state index in [1.165, 1.54) is 85.7 Å². The summed E-state index contributed by atoms with van der Waals surface area (Å²) in [4.78, 5) is 1.32. The smallest absolute Gasteiger partial charge is 0.103 e. The molecule has 1 N–H and O–H groups in total. The van der Waals surface area contributed by atoms with E-state index < -0.39 is 0 Å². The molecule has 2 nitrogen and oxygen atoms in total. The zero-order valence-electron chi connectivity index (χ0n) is 24.2. The number of thiophene rings is 1. The molecule has 0 bridgehead atoms. The van der Waals surface area contributed by atoms with E-state index >= 15 is 0 Å². The van der Waals surface area contributed by atoms with Crippen molar-refractivity contribution in [3.8, 4) is 16.8 Å². The van der Waals surface area contributed by atoms with Crippen molar-refractivity contribution in [2.24, 2.45) is 0 Å². The van der Waals surface area contributed by atoms with Gasteiger partial charge in [0, 0.05) is 41.5 Å². The van der Waals surface area contributed by atoms with Gasteiger partial charge in [0.2, 0.25) is 0 Å². The molecule has 2 aromatic heterocycles. The normalized spacial score (nSPS) is 14.5. The minimum Gasteiger partial charge on any atom is -0.368 e. The van der Waals surface area contributed by atoms with Gasteiger partial charge in [-0.25, -0.2) is 0 Å². The summed E-state index contributed by atoms with van der Waals surface area (Å²) in [6, 6.07) is 53.4. The van der Waals surface area contributed by atoms with Crippen molar-refractivity contribution in [3.05, 3.63) is 151 Å². The SMILES string of the molecule is c1ccc(-c2ccc3sc4ccc5c(c4c3c2)NC(c2ccc(-n3c4ccccc4c4cc6ccccc6cc43)cc2)S5)cc1. The number of nitrogens with one attached hydrogen (secondary N) is 1. The van der Waals surface area contributed by atoms with Crippen LogP contribution in [0.3, 0.4) is 0 Å². The van der Waals surface area contributed by atoms with Crippen LogP contribution in [0.4, 0.5) is 5.69 Å². The van der Waals surface area contributed by atoms with Crippen LogP contribution in [0.25, 0.3) is 69.6 Å². The lowest BCUT2D eigenvalue weighted by Crippen LogP contribution is -2.02. The Kier molecular flexibility index (Phi) is 5.48. The van der Waals surface area contributed by atoms with Crippen molar-refractivity contribution in [3.63, 3.8) is 0 Å². The van der Waals surface area contributed by atoms with Gasteiger partial charge in [-0.05, 0) is 82.1 Å². The maximum Gasteiger partial charge on any atom is 0.103 e. The molecular weight excluding hydrogens is 585 g/mol. The van der Waals surface area contributed by atoms with Crippen molar-refractivity contribution in [1.82, 2.24) is 4.57 Å². The highest BCUT2D eigenvalue weighted by Gasteiger charge is 2.26. The van der Waals surface area contributed by atoms with Gasteiger partial charge in [-0.3, -0.25) is 0 Å². The number of thioether (sulfide) groups is 1. The summed E-state index contributed by atoms with van der Waals surface area (Å²) >= 11 is 3.79. The van der Waals surface area contributed by atoms with Crippen molar-refractivity contribution < 1.29 is 0 Å². The van der Waals surface area contributed by atoms with Gasteiger partial charge in [-0.2, -0.15) is 0 Å². The maximum atomic E-state index is 3.93. The molecule has 0 aliphatic carbocycles. The van der Waals surface area contributed by atoms with E-state index in [1.807, 2.05) is 23.1 Å². The Balaban J connectivity index is 1.04. The number of anilines is 1. The fraction of sp³-hybridized carbons (Fsp3) is 0.0244. The largest absolute Gasteiger partial charge is 0.368 e. The first-order chi connectivity index (χ1) is 22.3. The van der Waals surface area contributed by atoms with Crippen LogP contribution in [0.15, 0.2) is 150 Å². The van der Waals surface area contributed by atoms with E-state index in [2.05, 4.69) is 155 Å². The van der Waals surface area contributed by atoms with Crippen molar-refractivity contribution in [2.45, 2.75) is 10.3 Å². The Hall–Kier alpha value is -5.03. The Morgan fingerprint density at radius 1 is 0.533 bits per heavy atom. The van der Waals surface area contributed by atoms with E-state index in [0.29, 0.717) is 0 Å². The quantitative estimate of drug-likeness (QED) is 0.214. The molecule has 0 radical (unpaired) electrons. The van der Waals surface area contributed by atoms with Gasteiger partial charge in [0.05, 0.1) is 16.7 Å². The molecule has 0 fully saturated rings. The van der Waals surface area contributed by atoms with E-state index in [0.717, 1.165) is 0 Å². The monoisotopic (exact) mass is 610 g/mol. The van der Waals surface area contributed by atoms with Crippen molar-refractivity contribution in [1.29, 1.82) is 0 Å². The van der Waals surface area contributed by atoms with Gasteiger partial charge < -0.3 is 9.88 Å². The Morgan fingerprint density at radius 3 is 2.16 bits per heavy atom. The van der Waals surface area contributed by atoms with Gasteiger partial charge in [-0.1, -0.05) is 103 Å². The number of benzene rings is 7. The molecule has 1 aliphatic heterocycles. The fourth-order valence-corrected chi connectivity index (χ4v) is 9.32. The summed E-state index contributed by atoms with van der Waals surface area (Å²) in [5.74, 6) is 0. The molecule has 7 aromatic carbocycles. The highest BCUT2D eigenvalue weighted by Crippen LogP contribution is 2.52. The molecule has 1 atom stereocenters. The van der Waals surface area contributed by atoms with Crippen molar-refractivity contribution in [2.75, 3.05) is 5.32 Å². The molecule has 45 heavy (non-hydrogen) atoms. The second-order valence-corrected chi connectivity index (χ2v) is 14.0. The van der Waals surface area contributed by atoms with Gasteiger partial charge >= 0.3 is 0 Å². The van der Waals surface area contributed by atoms with Gasteiger partial charge in [0.25, 0.3) is 0 Å². The molecule has 212 valence electrons. The van der Waals surface area contributed by atoms with E-state index in [-0.39, 0.29) is 5.37 Å². The summed E-state index contributed by atoms with van der Waals surface area (Å²) in [5, 5.41) is 11.9. The number of rotatable bonds is 3. The van der Waals surface area contributed by atoms with E-state index in [9.17, 15) is 0 Å². The third-order valence-corrected chi connectivity index (χ3v) is 11.6. The molecule has 0 saturated carbocycles. The highest BCUT2D eigenvalue weighted by atomic mass is 32.2. The average molecular weight is 611 g/mol. The van der Waals surface area contributed by atoms with Crippen LogP contribution in [-0.2, 0) is 0 Å². The Bertz CT molecular complexity index is 2590. The minimum atomic E-state index is 0.161. The molecule has 1 unspecified atom stereocenters. The highest BCUT2D eigenvalue weighted by molar-refractivity contribution is 8.00. The van der Waals surface area contributed by atoms with Gasteiger partial charge in [0.15, 0.2) is 0 Å². The number of fused-ring (bicyclic) bond motifs is 9. The van der Waals surface area contributed by atoms with Crippen LogP contribution in [-0.4, -0.2) is 4.57 Å². The van der Waals surface area contributed by atoms with Crippen LogP contribution in [0.5, 0.6) is 0 Å². The van der Waals surface area contributed by atoms with Crippen LogP contribution < -0.4 is 5.32 Å². The minimum absolute atomic E-state index is 0.161. The lowest BCUT2D eigenvalue weighted by atomic mass is 10.0. The molecule has 0 saturated heterocycles. The predicted octanol–water partition coefficient (Wildman–Crippen LogP) is 12.2. The number of para-hydroxylation sites is 1. The lowest BCUT2D eigenvalue weighted by molar-refractivity contribution is 1.12. The molecular formula is C41H26N2S2. The second kappa shape index (κ2) is 9.73. The second-order valence-electron chi connectivity index (χ2n) is 11.8. The van der Waals surface area contributed by atoms with Crippen molar-refractivity contribution >= 4 is 81.5 Å². The van der Waals surface area contributed by atoms with Crippen LogP contribution in [0.1, 0.15) is 10.9 Å². The van der Waals surface area contributed by atoms with Gasteiger partial charge in [0.1, 0.15) is 5.37 Å². The molecule has 3 heterocycles. The predicted molar refractivity (Wildman–Crippen MR) is 195 cm³/mol. The summed E-state index contributed by atoms with van der Waals surface area (Å²) in [5.41, 5.74) is 8.71. The molecule has 4 heteroatoms. The number of hydrogen-bond donors (Lipinski definition) is 1. The van der Waals surface area contributed by atoms with Crippen LogP contribution in [0.2, 0.25) is 0 Å². The Morgan fingerprint density at radius 2 is 1.29 bits per heavy atom. The summed E-state index contributed by atoms with van der Waals surface area (Å²) in [7, 11) is 0. The first-order valence-corrected chi connectivity index (χ1v) is 17.0. The number of aromatic nitrogens is 1. The lowest BCUT2D eigenvalue weighted by Gasteiger charge is -2.14. The standard InChI is InChI=1S/C41H26N2S2/c1-2-8-25(9-3-1)29-16-19-36-33(23-29)39-37(44-36)20-21-38-40(39)42-41(45-38)26-14-17-30(18-15-26)43-34-13-7-6-12-31(34)32-22-27-10-4-5-11-28(27)24-35(32)43/h1-24,41-42H. The first kappa shape index (κ1) is 25.3. The third-order valence-electron chi connectivity index (χ3n) is 9.22. The van der Waals surface area contributed by atoms with Gasteiger partial charge in [-0.15, -0.1) is 11.3 Å². The zero-order valence-corrected chi connectivity index (χ0v) is 25.8. The van der Waals surface area contributed by atoms with Crippen LogP contribution in [0, 0.1) is 0 Å². The molecule has 0 spiro atoms. The summed E-state index contributed by atoms with van der Waals surface area (Å²) in [6.07, 6.45) is 0. The molecule has 9 aromatic rings. The number of nitrogens with zero attached hydrogens (tertiary/aromatic N) is 1. The van der Waals surface area contributed by atoms with E-state index in [4.69, 9.17) is 0 Å². The third kappa shape index (κ3) is 3.89. The first-order valence-electron chi connectivity index (χ1n) is 15.3. The average Bonchev–Trinajstić information content (AvgIpc) is 3.79. The van der Waals surface area contributed by atoms with Crippen LogP contribution >= 0.6 is 23.1 Å². The summed E-state index contributed by atoms with van der Waals surface area (Å²) in [6.45, 7) is 0. The van der Waals surface area contributed by atoms with E-state index in [1.54, 1.807) is 0 Å². The molecule has 10 rings (SSSR count). The molecule has 0 amide bonds. The maximum absolute atomic E-state index is 3.93. The fourth-order valence-electron chi connectivity index (χ4n) is 7.07. The topological polar surface area (TPSA) is 17.0 Å². The summed E-state index contributed by atoms with van der Waals surface area (Å²) < 4.78 is 5.07. The zero-order chi connectivity index (χ0) is 29.5. The number of hydrogen-bond acceptors (Lipinski definition) is 3. The molecule has 1 aliphatic rings. The Labute approximate surface area is 268 Å².